The number of benzene rings is 1. The van der Waals surface area contributed by atoms with Gasteiger partial charge < -0.3 is 18.9 Å². The smallest absolute Gasteiger partial charge is 0.430 e. The van der Waals surface area contributed by atoms with Gasteiger partial charge in [-0.1, -0.05) is 0 Å². The van der Waals surface area contributed by atoms with Crippen LogP contribution in [0.2, 0.25) is 0 Å². The van der Waals surface area contributed by atoms with Crippen molar-refractivity contribution in [2.75, 3.05) is 46.2 Å². The standard InChI is InChI=1S/C16H19N3O5/c20-16-19(10-13(24-16)9-18-3-5-21-6-4-18)17-8-12-1-2-14-15(7-12)23-11-22-14/h1-2,7-8,13H,3-6,9-11H2/b17-8+. The number of ether oxygens (including phenoxy) is 4. The van der Waals surface area contributed by atoms with Gasteiger partial charge in [0.25, 0.3) is 0 Å². The number of nitrogens with zero attached hydrogens (tertiary/aromatic N) is 3. The summed E-state index contributed by atoms with van der Waals surface area (Å²) in [4.78, 5) is 14.2. The van der Waals surface area contributed by atoms with Crippen molar-refractivity contribution in [2.45, 2.75) is 6.10 Å². The van der Waals surface area contributed by atoms with Crippen LogP contribution in [0.1, 0.15) is 5.56 Å². The van der Waals surface area contributed by atoms with Crippen LogP contribution >= 0.6 is 0 Å². The van der Waals surface area contributed by atoms with Crippen LogP contribution in [0.15, 0.2) is 23.3 Å². The summed E-state index contributed by atoms with van der Waals surface area (Å²) in [5.74, 6) is 1.41. The van der Waals surface area contributed by atoms with E-state index in [1.807, 2.05) is 18.2 Å². The molecule has 3 aliphatic heterocycles. The lowest BCUT2D eigenvalue weighted by Crippen LogP contribution is -2.41. The molecule has 2 fully saturated rings. The summed E-state index contributed by atoms with van der Waals surface area (Å²) in [6.45, 7) is 4.60. The summed E-state index contributed by atoms with van der Waals surface area (Å²) in [5, 5.41) is 5.59. The molecule has 4 rings (SSSR count). The van der Waals surface area contributed by atoms with Crippen molar-refractivity contribution in [3.63, 3.8) is 0 Å². The Balaban J connectivity index is 1.35. The third kappa shape index (κ3) is 3.29. The van der Waals surface area contributed by atoms with Gasteiger partial charge in [-0.2, -0.15) is 10.1 Å². The fourth-order valence-electron chi connectivity index (χ4n) is 2.90. The van der Waals surface area contributed by atoms with Crippen LogP contribution in [0.3, 0.4) is 0 Å². The lowest BCUT2D eigenvalue weighted by molar-refractivity contribution is 0.0188. The first-order valence-corrected chi connectivity index (χ1v) is 8.00. The number of morpholine rings is 1. The van der Waals surface area contributed by atoms with Crippen LogP contribution in [-0.2, 0) is 9.47 Å². The predicted molar refractivity (Wildman–Crippen MR) is 84.4 cm³/mol. The van der Waals surface area contributed by atoms with Crippen LogP contribution in [0.5, 0.6) is 11.5 Å². The molecule has 3 heterocycles. The molecule has 1 aromatic carbocycles. The molecule has 0 bridgehead atoms. The molecule has 8 nitrogen and oxygen atoms in total. The van der Waals surface area contributed by atoms with Gasteiger partial charge in [0.2, 0.25) is 6.79 Å². The minimum atomic E-state index is -0.412. The zero-order valence-corrected chi connectivity index (χ0v) is 13.2. The SMILES string of the molecule is O=C1OC(CN2CCOCC2)CN1/N=C/c1ccc2c(c1)OCO2. The second kappa shape index (κ2) is 6.66. The van der Waals surface area contributed by atoms with Crippen LogP contribution in [0.25, 0.3) is 0 Å². The van der Waals surface area contributed by atoms with Gasteiger partial charge in [-0.25, -0.2) is 4.79 Å². The highest BCUT2D eigenvalue weighted by atomic mass is 16.7. The van der Waals surface area contributed by atoms with E-state index >= 15 is 0 Å². The number of fused-ring (bicyclic) bond motifs is 1. The van der Waals surface area contributed by atoms with Crippen molar-refractivity contribution in [3.05, 3.63) is 23.8 Å². The molecule has 2 saturated heterocycles. The predicted octanol–water partition coefficient (Wildman–Crippen LogP) is 0.902. The summed E-state index contributed by atoms with van der Waals surface area (Å²) >= 11 is 0. The van der Waals surface area contributed by atoms with Crippen LogP contribution < -0.4 is 9.47 Å². The second-order valence-electron chi connectivity index (χ2n) is 5.86. The fraction of sp³-hybridized carbons (Fsp3) is 0.500. The number of hydrogen-bond donors (Lipinski definition) is 0. The van der Waals surface area contributed by atoms with Gasteiger partial charge >= 0.3 is 6.09 Å². The summed E-state index contributed by atoms with van der Waals surface area (Å²) in [6, 6.07) is 5.52. The highest BCUT2D eigenvalue weighted by Crippen LogP contribution is 2.32. The van der Waals surface area contributed by atoms with Crippen molar-refractivity contribution >= 4 is 12.3 Å². The maximum Gasteiger partial charge on any atom is 0.430 e. The molecule has 0 aromatic heterocycles. The monoisotopic (exact) mass is 333 g/mol. The summed E-state index contributed by atoms with van der Waals surface area (Å²) in [5.41, 5.74) is 0.837. The number of amides is 1. The highest BCUT2D eigenvalue weighted by molar-refractivity contribution is 5.82. The summed E-state index contributed by atoms with van der Waals surface area (Å²) in [7, 11) is 0. The number of hydrogen-bond acceptors (Lipinski definition) is 7. The maximum atomic E-state index is 11.9. The molecule has 0 radical (unpaired) electrons. The molecular formula is C16H19N3O5. The van der Waals surface area contributed by atoms with Crippen LogP contribution in [-0.4, -0.2) is 74.5 Å². The van der Waals surface area contributed by atoms with Gasteiger partial charge in [0.05, 0.1) is 26.0 Å². The van der Waals surface area contributed by atoms with Crippen molar-refractivity contribution in [1.29, 1.82) is 0 Å². The van der Waals surface area contributed by atoms with Gasteiger partial charge in [-0.05, 0) is 23.8 Å². The van der Waals surface area contributed by atoms with Crippen molar-refractivity contribution in [2.24, 2.45) is 5.10 Å². The van der Waals surface area contributed by atoms with Crippen LogP contribution in [0, 0.1) is 0 Å². The lowest BCUT2D eigenvalue weighted by atomic mass is 10.2. The van der Waals surface area contributed by atoms with Crippen molar-refractivity contribution in [1.82, 2.24) is 9.91 Å². The van der Waals surface area contributed by atoms with Gasteiger partial charge in [-0.3, -0.25) is 4.90 Å². The Morgan fingerprint density at radius 2 is 2.04 bits per heavy atom. The van der Waals surface area contributed by atoms with E-state index in [9.17, 15) is 4.79 Å². The van der Waals surface area contributed by atoms with E-state index in [0.717, 1.165) is 37.6 Å². The van der Waals surface area contributed by atoms with Gasteiger partial charge in [0.1, 0.15) is 6.10 Å². The quantitative estimate of drug-likeness (QED) is 0.763. The topological polar surface area (TPSA) is 72.8 Å². The Bertz CT molecular complexity index is 645. The Hall–Kier alpha value is -2.32. The average Bonchev–Trinajstić information content (AvgIpc) is 3.19. The minimum Gasteiger partial charge on any atom is -0.454 e. The fourth-order valence-corrected chi connectivity index (χ4v) is 2.90. The van der Waals surface area contributed by atoms with E-state index in [1.54, 1.807) is 6.21 Å². The first-order chi connectivity index (χ1) is 11.8. The van der Waals surface area contributed by atoms with Crippen molar-refractivity contribution in [3.8, 4) is 11.5 Å². The molecule has 1 aromatic rings. The number of carbonyl (C=O) groups excluding carboxylic acids is 1. The molecule has 1 amide bonds. The first-order valence-electron chi connectivity index (χ1n) is 8.00. The van der Waals surface area contributed by atoms with E-state index in [-0.39, 0.29) is 12.9 Å². The number of hydrazone groups is 1. The van der Waals surface area contributed by atoms with Gasteiger partial charge in [-0.15, -0.1) is 0 Å². The molecule has 0 spiro atoms. The average molecular weight is 333 g/mol. The molecule has 0 saturated carbocycles. The maximum absolute atomic E-state index is 11.9. The van der Waals surface area contributed by atoms with E-state index in [4.69, 9.17) is 18.9 Å². The Morgan fingerprint density at radius 1 is 1.21 bits per heavy atom. The molecule has 8 heteroatoms. The van der Waals surface area contributed by atoms with E-state index in [0.29, 0.717) is 18.8 Å². The Kier molecular flexibility index (Phi) is 4.22. The zero-order valence-electron chi connectivity index (χ0n) is 13.2. The third-order valence-corrected chi connectivity index (χ3v) is 4.16. The van der Waals surface area contributed by atoms with Crippen molar-refractivity contribution < 1.29 is 23.7 Å². The molecule has 3 aliphatic rings. The minimum absolute atomic E-state index is 0.162. The summed E-state index contributed by atoms with van der Waals surface area (Å²) < 4.78 is 21.3. The van der Waals surface area contributed by atoms with E-state index < -0.39 is 6.09 Å². The van der Waals surface area contributed by atoms with E-state index in [2.05, 4.69) is 10.0 Å². The molecule has 24 heavy (non-hydrogen) atoms. The number of carbonyl (C=O) groups is 1. The Morgan fingerprint density at radius 3 is 2.92 bits per heavy atom. The molecule has 128 valence electrons. The largest absolute Gasteiger partial charge is 0.454 e. The highest BCUT2D eigenvalue weighted by Gasteiger charge is 2.32. The molecule has 0 aliphatic carbocycles. The van der Waals surface area contributed by atoms with Gasteiger partial charge in [0.15, 0.2) is 11.5 Å². The Labute approximate surface area is 139 Å². The second-order valence-corrected chi connectivity index (χ2v) is 5.86. The lowest BCUT2D eigenvalue weighted by Gasteiger charge is -2.27. The molecular weight excluding hydrogens is 314 g/mol. The van der Waals surface area contributed by atoms with Gasteiger partial charge in [0, 0.05) is 19.6 Å². The number of cyclic esters (lactones) is 1. The zero-order chi connectivity index (χ0) is 16.4. The molecule has 1 atom stereocenters. The third-order valence-electron chi connectivity index (χ3n) is 4.16. The number of rotatable bonds is 4. The first kappa shape index (κ1) is 15.2. The normalized spacial score (nSPS) is 23.9. The molecule has 0 N–H and O–H groups in total. The molecule has 1 unspecified atom stereocenters. The summed E-state index contributed by atoms with van der Waals surface area (Å²) in [6.07, 6.45) is 1.05. The van der Waals surface area contributed by atoms with Crippen LogP contribution in [0.4, 0.5) is 4.79 Å². The van der Waals surface area contributed by atoms with E-state index in [1.165, 1.54) is 5.01 Å².